The summed E-state index contributed by atoms with van der Waals surface area (Å²) in [7, 11) is 0. The first-order chi connectivity index (χ1) is 10.4. The summed E-state index contributed by atoms with van der Waals surface area (Å²) >= 11 is 1.84. The number of rotatable bonds is 3. The van der Waals surface area contributed by atoms with Crippen LogP contribution in [-0.2, 0) is 6.54 Å². The molecule has 0 amide bonds. The Morgan fingerprint density at radius 1 is 1.14 bits per heavy atom. The highest BCUT2D eigenvalue weighted by molar-refractivity contribution is 7.18. The lowest BCUT2D eigenvalue weighted by Crippen LogP contribution is -2.22. The van der Waals surface area contributed by atoms with Gasteiger partial charge in [-0.2, -0.15) is 0 Å². The van der Waals surface area contributed by atoms with Gasteiger partial charge in [-0.15, -0.1) is 11.3 Å². The molecule has 0 bridgehead atoms. The van der Waals surface area contributed by atoms with E-state index in [1.807, 2.05) is 23.7 Å². The molecule has 3 aromatic rings. The number of benzene rings is 1. The first kappa shape index (κ1) is 12.9. The highest BCUT2D eigenvalue weighted by Gasteiger charge is 2.28. The van der Waals surface area contributed by atoms with E-state index in [0.29, 0.717) is 6.04 Å². The molecule has 0 unspecified atom stereocenters. The molecule has 0 radical (unpaired) electrons. The molecular formula is C17H17N3S. The van der Waals surface area contributed by atoms with E-state index < -0.39 is 0 Å². The fourth-order valence-electron chi connectivity index (χ4n) is 3.05. The summed E-state index contributed by atoms with van der Waals surface area (Å²) in [6.45, 7) is 2.14. The van der Waals surface area contributed by atoms with Crippen molar-refractivity contribution in [2.75, 3.05) is 6.54 Å². The normalized spacial score (nSPS) is 19.3. The predicted molar refractivity (Wildman–Crippen MR) is 86.2 cm³/mol. The summed E-state index contributed by atoms with van der Waals surface area (Å²) in [4.78, 5) is 11.5. The van der Waals surface area contributed by atoms with Crippen LogP contribution in [0, 0.1) is 0 Å². The smallest absolute Gasteiger partial charge is 0.111 e. The van der Waals surface area contributed by atoms with E-state index in [2.05, 4.69) is 46.3 Å². The summed E-state index contributed by atoms with van der Waals surface area (Å²) in [5, 5.41) is 1.27. The molecule has 0 saturated carbocycles. The predicted octanol–water partition coefficient (Wildman–Crippen LogP) is 4.03. The van der Waals surface area contributed by atoms with E-state index in [9.17, 15) is 0 Å². The Morgan fingerprint density at radius 3 is 2.86 bits per heavy atom. The molecule has 3 nitrogen and oxygen atoms in total. The Bertz CT molecular complexity index is 705. The van der Waals surface area contributed by atoms with Crippen LogP contribution in [0.25, 0.3) is 10.2 Å². The van der Waals surface area contributed by atoms with E-state index in [1.165, 1.54) is 28.1 Å². The van der Waals surface area contributed by atoms with Crippen LogP contribution < -0.4 is 0 Å². The topological polar surface area (TPSA) is 29.0 Å². The first-order valence-corrected chi connectivity index (χ1v) is 8.20. The molecule has 0 N–H and O–H groups in total. The summed E-state index contributed by atoms with van der Waals surface area (Å²) in [5.74, 6) is 0. The quantitative estimate of drug-likeness (QED) is 0.730. The van der Waals surface area contributed by atoms with Crippen LogP contribution in [0.2, 0.25) is 0 Å². The monoisotopic (exact) mass is 295 g/mol. The summed E-state index contributed by atoms with van der Waals surface area (Å²) in [5.41, 5.74) is 2.46. The van der Waals surface area contributed by atoms with E-state index in [-0.39, 0.29) is 0 Å². The van der Waals surface area contributed by atoms with Crippen LogP contribution in [0.5, 0.6) is 0 Å². The Hall–Kier alpha value is -1.78. The molecule has 2 aromatic heterocycles. The maximum absolute atomic E-state index is 4.85. The van der Waals surface area contributed by atoms with Gasteiger partial charge in [0.05, 0.1) is 16.3 Å². The molecule has 106 valence electrons. The third-order valence-electron chi connectivity index (χ3n) is 4.09. The molecule has 0 aliphatic carbocycles. The fourth-order valence-corrected chi connectivity index (χ4v) is 4.19. The molecule has 21 heavy (non-hydrogen) atoms. The van der Waals surface area contributed by atoms with Crippen molar-refractivity contribution in [3.63, 3.8) is 0 Å². The van der Waals surface area contributed by atoms with Gasteiger partial charge >= 0.3 is 0 Å². The summed E-state index contributed by atoms with van der Waals surface area (Å²) in [6, 6.07) is 13.1. The number of likely N-dealkylation sites (tertiary alicyclic amines) is 1. The van der Waals surface area contributed by atoms with Crippen LogP contribution >= 0.6 is 11.3 Å². The third-order valence-corrected chi connectivity index (χ3v) is 5.23. The number of para-hydroxylation sites is 1. The minimum absolute atomic E-state index is 0.468. The largest absolute Gasteiger partial charge is 0.290 e. The number of fused-ring (bicyclic) bond motifs is 1. The standard InChI is InChI=1S/C17H17N3S/c1-2-6-16-14(4-1)19-17(21-16)15-5-3-11-20(15)12-13-7-9-18-10-8-13/h1-2,4,6-10,15H,3,5,11-12H2/t15-/m1/s1. The molecule has 1 fully saturated rings. The van der Waals surface area contributed by atoms with Crippen LogP contribution in [0.3, 0.4) is 0 Å². The molecule has 3 heterocycles. The average molecular weight is 295 g/mol. The fraction of sp³-hybridized carbons (Fsp3) is 0.294. The molecule has 1 aliphatic heterocycles. The lowest BCUT2D eigenvalue weighted by atomic mass is 10.2. The highest BCUT2D eigenvalue weighted by Crippen LogP contribution is 2.37. The van der Waals surface area contributed by atoms with Crippen molar-refractivity contribution in [3.8, 4) is 0 Å². The third kappa shape index (κ3) is 2.57. The SMILES string of the molecule is c1ccc2sc([C@H]3CCCN3Cc3ccncc3)nc2c1. The maximum atomic E-state index is 4.85. The van der Waals surface area contributed by atoms with Crippen LogP contribution in [0.15, 0.2) is 48.8 Å². The van der Waals surface area contributed by atoms with Crippen molar-refractivity contribution < 1.29 is 0 Å². The molecular weight excluding hydrogens is 278 g/mol. The maximum Gasteiger partial charge on any atom is 0.111 e. The number of hydrogen-bond acceptors (Lipinski definition) is 4. The van der Waals surface area contributed by atoms with Crippen LogP contribution in [0.4, 0.5) is 0 Å². The second kappa shape index (κ2) is 5.54. The first-order valence-electron chi connectivity index (χ1n) is 7.38. The number of aromatic nitrogens is 2. The number of thiazole rings is 1. The Balaban J connectivity index is 1.61. The highest BCUT2D eigenvalue weighted by atomic mass is 32.1. The molecule has 4 heteroatoms. The van der Waals surface area contributed by atoms with Crippen LogP contribution in [0.1, 0.15) is 29.5 Å². The molecule has 1 saturated heterocycles. The molecule has 4 rings (SSSR count). The number of hydrogen-bond donors (Lipinski definition) is 0. The Morgan fingerprint density at radius 2 is 2.00 bits per heavy atom. The number of nitrogens with zero attached hydrogens (tertiary/aromatic N) is 3. The van der Waals surface area contributed by atoms with Crippen molar-refractivity contribution in [2.24, 2.45) is 0 Å². The van der Waals surface area contributed by atoms with Crippen molar-refractivity contribution in [1.29, 1.82) is 0 Å². The van der Waals surface area contributed by atoms with Gasteiger partial charge in [-0.1, -0.05) is 12.1 Å². The molecule has 1 aliphatic rings. The van der Waals surface area contributed by atoms with E-state index in [1.54, 1.807) is 0 Å². The van der Waals surface area contributed by atoms with Gasteiger partial charge in [0.25, 0.3) is 0 Å². The number of pyridine rings is 1. The van der Waals surface area contributed by atoms with Gasteiger partial charge in [0.15, 0.2) is 0 Å². The molecule has 0 spiro atoms. The van der Waals surface area contributed by atoms with Gasteiger partial charge in [0.1, 0.15) is 5.01 Å². The van der Waals surface area contributed by atoms with Crippen molar-refractivity contribution in [1.82, 2.24) is 14.9 Å². The van der Waals surface area contributed by atoms with Gasteiger partial charge in [-0.3, -0.25) is 9.88 Å². The lowest BCUT2D eigenvalue weighted by Gasteiger charge is -2.22. The molecule has 1 atom stereocenters. The van der Waals surface area contributed by atoms with Gasteiger partial charge in [-0.05, 0) is 49.2 Å². The van der Waals surface area contributed by atoms with E-state index in [4.69, 9.17) is 4.98 Å². The van der Waals surface area contributed by atoms with Gasteiger partial charge in [0.2, 0.25) is 0 Å². The Labute approximate surface area is 128 Å². The summed E-state index contributed by atoms with van der Waals surface area (Å²) < 4.78 is 1.29. The van der Waals surface area contributed by atoms with Crippen molar-refractivity contribution in [3.05, 3.63) is 59.4 Å². The Kier molecular flexibility index (Phi) is 3.41. The second-order valence-corrected chi connectivity index (χ2v) is 6.57. The zero-order chi connectivity index (χ0) is 14.1. The van der Waals surface area contributed by atoms with Crippen molar-refractivity contribution >= 4 is 21.6 Å². The van der Waals surface area contributed by atoms with E-state index >= 15 is 0 Å². The van der Waals surface area contributed by atoms with Gasteiger partial charge < -0.3 is 0 Å². The zero-order valence-electron chi connectivity index (χ0n) is 11.8. The minimum Gasteiger partial charge on any atom is -0.290 e. The second-order valence-electron chi connectivity index (χ2n) is 5.50. The van der Waals surface area contributed by atoms with Gasteiger partial charge in [0, 0.05) is 18.9 Å². The van der Waals surface area contributed by atoms with E-state index in [0.717, 1.165) is 18.6 Å². The average Bonchev–Trinajstić information content (AvgIpc) is 3.14. The minimum atomic E-state index is 0.468. The van der Waals surface area contributed by atoms with Gasteiger partial charge in [-0.25, -0.2) is 4.98 Å². The molecule has 1 aromatic carbocycles. The van der Waals surface area contributed by atoms with Crippen LogP contribution in [-0.4, -0.2) is 21.4 Å². The summed E-state index contributed by atoms with van der Waals surface area (Å²) in [6.07, 6.45) is 6.22. The lowest BCUT2D eigenvalue weighted by molar-refractivity contribution is 0.248. The zero-order valence-corrected chi connectivity index (χ0v) is 12.6. The van der Waals surface area contributed by atoms with Crippen molar-refractivity contribution in [2.45, 2.75) is 25.4 Å².